The number of rotatable bonds is 4. The second kappa shape index (κ2) is 7.45. The Bertz CT molecular complexity index is 989. The van der Waals surface area contributed by atoms with Gasteiger partial charge >= 0.3 is 5.97 Å². The van der Waals surface area contributed by atoms with E-state index < -0.39 is 5.97 Å². The van der Waals surface area contributed by atoms with E-state index in [4.69, 9.17) is 9.15 Å². The average molecular weight is 362 g/mol. The third-order valence-electron chi connectivity index (χ3n) is 4.42. The summed E-state index contributed by atoms with van der Waals surface area (Å²) in [7, 11) is 0. The Kier molecular flexibility index (Phi) is 4.70. The molecule has 3 aromatic rings. The zero-order valence-corrected chi connectivity index (χ0v) is 14.6. The molecular formula is C21H18N2O4. The van der Waals surface area contributed by atoms with Crippen molar-refractivity contribution in [2.45, 2.75) is 12.8 Å². The van der Waals surface area contributed by atoms with Gasteiger partial charge < -0.3 is 14.1 Å². The maximum atomic E-state index is 12.5. The number of fused-ring (bicyclic) bond motifs is 2. The molecule has 0 fully saturated rings. The molecule has 2 heterocycles. The highest BCUT2D eigenvalue weighted by Gasteiger charge is 2.22. The van der Waals surface area contributed by atoms with Crippen molar-refractivity contribution in [2.75, 3.05) is 18.1 Å². The van der Waals surface area contributed by atoms with Crippen LogP contribution < -0.4 is 4.90 Å². The lowest BCUT2D eigenvalue weighted by atomic mass is 10.0. The van der Waals surface area contributed by atoms with Crippen LogP contribution in [0.5, 0.6) is 0 Å². The second-order valence-corrected chi connectivity index (χ2v) is 6.24. The molecule has 1 aromatic heterocycles. The predicted molar refractivity (Wildman–Crippen MR) is 101 cm³/mol. The third kappa shape index (κ3) is 3.74. The number of oxazole rings is 1. The molecule has 6 heteroatoms. The molecule has 136 valence electrons. The lowest BCUT2D eigenvalue weighted by Crippen LogP contribution is -2.38. The molecule has 6 nitrogen and oxygen atoms in total. The first-order valence-electron chi connectivity index (χ1n) is 8.79. The summed E-state index contributed by atoms with van der Waals surface area (Å²) in [6.07, 6.45) is 4.49. The molecule has 0 bridgehead atoms. The van der Waals surface area contributed by atoms with Crippen LogP contribution >= 0.6 is 0 Å². The van der Waals surface area contributed by atoms with Gasteiger partial charge in [0.15, 0.2) is 12.2 Å². The Hall–Kier alpha value is -3.41. The smallest absolute Gasteiger partial charge is 0.331 e. The minimum atomic E-state index is -0.615. The van der Waals surface area contributed by atoms with Crippen LogP contribution in [-0.2, 0) is 20.7 Å². The van der Waals surface area contributed by atoms with Gasteiger partial charge in [0.1, 0.15) is 5.52 Å². The summed E-state index contributed by atoms with van der Waals surface area (Å²) < 4.78 is 10.6. The van der Waals surface area contributed by atoms with E-state index in [9.17, 15) is 9.59 Å². The molecule has 1 aliphatic heterocycles. The quantitative estimate of drug-likeness (QED) is 0.526. The van der Waals surface area contributed by atoms with E-state index in [-0.39, 0.29) is 12.5 Å². The van der Waals surface area contributed by atoms with Gasteiger partial charge in [0.2, 0.25) is 5.89 Å². The number of hydrogen-bond donors (Lipinski definition) is 0. The first-order chi connectivity index (χ1) is 13.2. The molecule has 0 atom stereocenters. The summed E-state index contributed by atoms with van der Waals surface area (Å²) >= 11 is 0. The van der Waals surface area contributed by atoms with Crippen molar-refractivity contribution in [1.82, 2.24) is 4.98 Å². The fourth-order valence-electron chi connectivity index (χ4n) is 3.15. The van der Waals surface area contributed by atoms with Crippen LogP contribution in [0, 0.1) is 0 Å². The molecule has 27 heavy (non-hydrogen) atoms. The standard InChI is InChI=1S/C21H18N2O4/c24-20(23-13-5-7-15-6-1-3-9-17(15)23)14-26-21(25)12-11-19-22-16-8-2-4-10-18(16)27-19/h1-4,6,8-12H,5,7,13-14H2/b12-11+. The molecule has 4 rings (SSSR count). The normalized spacial score (nSPS) is 13.7. The summed E-state index contributed by atoms with van der Waals surface area (Å²) in [4.78, 5) is 30.3. The molecule has 1 aliphatic rings. The minimum Gasteiger partial charge on any atom is -0.452 e. The van der Waals surface area contributed by atoms with E-state index in [1.807, 2.05) is 42.5 Å². The van der Waals surface area contributed by atoms with Gasteiger partial charge in [0, 0.05) is 24.4 Å². The molecule has 1 amide bonds. The molecular weight excluding hydrogens is 344 g/mol. The number of ether oxygens (including phenoxy) is 1. The number of anilines is 1. The number of amides is 1. The molecule has 0 radical (unpaired) electrons. The van der Waals surface area contributed by atoms with Crippen LogP contribution in [0.15, 0.2) is 59.0 Å². The van der Waals surface area contributed by atoms with E-state index >= 15 is 0 Å². The van der Waals surface area contributed by atoms with Crippen LogP contribution in [-0.4, -0.2) is 30.0 Å². The largest absolute Gasteiger partial charge is 0.452 e. The van der Waals surface area contributed by atoms with Gasteiger partial charge in [-0.1, -0.05) is 30.3 Å². The van der Waals surface area contributed by atoms with Gasteiger partial charge in [-0.3, -0.25) is 4.79 Å². The van der Waals surface area contributed by atoms with Gasteiger partial charge in [0.05, 0.1) is 0 Å². The number of nitrogens with zero attached hydrogens (tertiary/aromatic N) is 2. The van der Waals surface area contributed by atoms with Crippen molar-refractivity contribution in [3.05, 3.63) is 66.1 Å². The Morgan fingerprint density at radius 2 is 1.96 bits per heavy atom. The minimum absolute atomic E-state index is 0.231. The first-order valence-corrected chi connectivity index (χ1v) is 8.79. The lowest BCUT2D eigenvalue weighted by molar-refractivity contribution is -0.142. The van der Waals surface area contributed by atoms with Crippen molar-refractivity contribution in [2.24, 2.45) is 0 Å². The Morgan fingerprint density at radius 3 is 2.85 bits per heavy atom. The van der Waals surface area contributed by atoms with Crippen molar-refractivity contribution >= 4 is 34.7 Å². The van der Waals surface area contributed by atoms with E-state index in [1.165, 1.54) is 12.2 Å². The fourth-order valence-corrected chi connectivity index (χ4v) is 3.15. The average Bonchev–Trinajstić information content (AvgIpc) is 3.13. The van der Waals surface area contributed by atoms with Gasteiger partial charge in [-0.25, -0.2) is 9.78 Å². The summed E-state index contributed by atoms with van der Waals surface area (Å²) in [5.41, 5.74) is 3.39. The maximum Gasteiger partial charge on any atom is 0.331 e. The van der Waals surface area contributed by atoms with Gasteiger partial charge in [-0.05, 0) is 36.6 Å². The number of para-hydroxylation sites is 3. The van der Waals surface area contributed by atoms with Crippen LogP contribution in [0.2, 0.25) is 0 Å². The molecule has 0 unspecified atom stereocenters. The Morgan fingerprint density at radius 1 is 1.15 bits per heavy atom. The Balaban J connectivity index is 1.36. The number of hydrogen-bond acceptors (Lipinski definition) is 5. The number of benzene rings is 2. The predicted octanol–water partition coefficient (Wildman–Crippen LogP) is 3.36. The van der Waals surface area contributed by atoms with E-state index in [0.29, 0.717) is 23.5 Å². The van der Waals surface area contributed by atoms with E-state index in [1.54, 1.807) is 11.0 Å². The zero-order chi connectivity index (χ0) is 18.6. The first kappa shape index (κ1) is 17.0. The van der Waals surface area contributed by atoms with Crippen LogP contribution in [0.4, 0.5) is 5.69 Å². The third-order valence-corrected chi connectivity index (χ3v) is 4.42. The molecule has 0 spiro atoms. The number of aryl methyl sites for hydroxylation is 1. The van der Waals surface area contributed by atoms with Gasteiger partial charge in [-0.2, -0.15) is 0 Å². The van der Waals surface area contributed by atoms with Crippen molar-refractivity contribution in [3.63, 3.8) is 0 Å². The monoisotopic (exact) mass is 362 g/mol. The fraction of sp³-hybridized carbons (Fsp3) is 0.190. The number of carbonyl (C=O) groups excluding carboxylic acids is 2. The van der Waals surface area contributed by atoms with Crippen LogP contribution in [0.25, 0.3) is 17.2 Å². The molecule has 2 aromatic carbocycles. The van der Waals surface area contributed by atoms with Crippen molar-refractivity contribution in [3.8, 4) is 0 Å². The van der Waals surface area contributed by atoms with Gasteiger partial charge in [0.25, 0.3) is 5.91 Å². The number of carbonyl (C=O) groups is 2. The van der Waals surface area contributed by atoms with Crippen molar-refractivity contribution in [1.29, 1.82) is 0 Å². The van der Waals surface area contributed by atoms with Crippen LogP contribution in [0.1, 0.15) is 17.9 Å². The SMILES string of the molecule is O=C(/C=C/c1nc2ccccc2o1)OCC(=O)N1CCCc2ccccc21. The van der Waals surface area contributed by atoms with Crippen molar-refractivity contribution < 1.29 is 18.7 Å². The highest BCUT2D eigenvalue weighted by Crippen LogP contribution is 2.26. The number of esters is 1. The summed E-state index contributed by atoms with van der Waals surface area (Å²) in [5, 5.41) is 0. The lowest BCUT2D eigenvalue weighted by Gasteiger charge is -2.29. The highest BCUT2D eigenvalue weighted by molar-refractivity contribution is 5.97. The van der Waals surface area contributed by atoms with Crippen LogP contribution in [0.3, 0.4) is 0 Å². The Labute approximate surface area is 156 Å². The number of aromatic nitrogens is 1. The zero-order valence-electron chi connectivity index (χ0n) is 14.6. The molecule has 0 saturated heterocycles. The molecule has 0 N–H and O–H groups in total. The summed E-state index contributed by atoms with van der Waals surface area (Å²) in [5.74, 6) is -0.536. The topological polar surface area (TPSA) is 72.6 Å². The molecule has 0 saturated carbocycles. The van der Waals surface area contributed by atoms with Gasteiger partial charge in [-0.15, -0.1) is 0 Å². The summed E-state index contributed by atoms with van der Waals surface area (Å²) in [6, 6.07) is 15.1. The maximum absolute atomic E-state index is 12.5. The second-order valence-electron chi connectivity index (χ2n) is 6.24. The van der Waals surface area contributed by atoms with E-state index in [2.05, 4.69) is 4.98 Å². The highest BCUT2D eigenvalue weighted by atomic mass is 16.5. The van der Waals surface area contributed by atoms with E-state index in [0.717, 1.165) is 24.1 Å². The molecule has 0 aliphatic carbocycles. The summed E-state index contributed by atoms with van der Waals surface area (Å²) in [6.45, 7) is 0.331.